The standard InChI is InChI=1S/C22H26ClFN2O3S/c1-22(2,17-6-5-7-18(23)14-17)15-25-21(27)16-10-12-26(13-11-16)30(28,29)20-9-4-3-8-19(20)24/h3-9,14,16H,10-13,15H2,1-2H3,(H,25,27). The maximum absolute atomic E-state index is 13.9. The Morgan fingerprint density at radius 3 is 2.47 bits per heavy atom. The molecule has 1 N–H and O–H groups in total. The van der Waals surface area contributed by atoms with Gasteiger partial charge in [0.15, 0.2) is 0 Å². The first-order valence-corrected chi connectivity index (χ1v) is 11.7. The molecule has 0 unspecified atom stereocenters. The minimum atomic E-state index is -3.90. The highest BCUT2D eigenvalue weighted by Crippen LogP contribution is 2.27. The van der Waals surface area contributed by atoms with Gasteiger partial charge in [-0.1, -0.05) is 49.7 Å². The Kier molecular flexibility index (Phi) is 6.84. The summed E-state index contributed by atoms with van der Waals surface area (Å²) >= 11 is 6.08. The summed E-state index contributed by atoms with van der Waals surface area (Å²) in [5, 5.41) is 3.64. The number of nitrogens with one attached hydrogen (secondary N) is 1. The fraction of sp³-hybridized carbons (Fsp3) is 0.409. The third kappa shape index (κ3) is 5.02. The number of amides is 1. The number of benzene rings is 2. The Hall–Kier alpha value is -1.96. The topological polar surface area (TPSA) is 66.5 Å². The van der Waals surface area contributed by atoms with Crippen molar-refractivity contribution in [3.8, 4) is 0 Å². The molecule has 5 nitrogen and oxygen atoms in total. The van der Waals surface area contributed by atoms with Gasteiger partial charge in [0.25, 0.3) is 0 Å². The molecule has 1 heterocycles. The third-order valence-electron chi connectivity index (χ3n) is 5.59. The molecule has 1 aliphatic heterocycles. The molecule has 0 aromatic heterocycles. The van der Waals surface area contributed by atoms with Gasteiger partial charge < -0.3 is 5.32 Å². The van der Waals surface area contributed by atoms with E-state index in [9.17, 15) is 17.6 Å². The minimum absolute atomic E-state index is 0.0898. The first-order chi connectivity index (χ1) is 14.1. The van der Waals surface area contributed by atoms with Crippen molar-refractivity contribution in [1.82, 2.24) is 9.62 Å². The van der Waals surface area contributed by atoms with Crippen molar-refractivity contribution in [3.63, 3.8) is 0 Å². The van der Waals surface area contributed by atoms with Gasteiger partial charge in [-0.3, -0.25) is 4.79 Å². The van der Waals surface area contributed by atoms with Crippen LogP contribution in [0.3, 0.4) is 0 Å². The van der Waals surface area contributed by atoms with Crippen molar-refractivity contribution in [1.29, 1.82) is 0 Å². The molecule has 0 aliphatic carbocycles. The van der Waals surface area contributed by atoms with E-state index in [1.54, 1.807) is 0 Å². The predicted molar refractivity (Wildman–Crippen MR) is 115 cm³/mol. The van der Waals surface area contributed by atoms with Crippen LogP contribution < -0.4 is 5.32 Å². The Morgan fingerprint density at radius 2 is 1.83 bits per heavy atom. The predicted octanol–water partition coefficient (Wildman–Crippen LogP) is 3.97. The van der Waals surface area contributed by atoms with Gasteiger partial charge in [-0.05, 0) is 42.7 Å². The van der Waals surface area contributed by atoms with E-state index in [1.165, 1.54) is 22.5 Å². The van der Waals surface area contributed by atoms with Gasteiger partial charge in [-0.25, -0.2) is 12.8 Å². The summed E-state index contributed by atoms with van der Waals surface area (Å²) in [4.78, 5) is 12.3. The molecule has 0 spiro atoms. The molecule has 0 atom stereocenters. The fourth-order valence-electron chi connectivity index (χ4n) is 3.62. The van der Waals surface area contributed by atoms with E-state index >= 15 is 0 Å². The number of piperidine rings is 1. The molecule has 30 heavy (non-hydrogen) atoms. The summed E-state index contributed by atoms with van der Waals surface area (Å²) in [5.41, 5.74) is 0.733. The summed E-state index contributed by atoms with van der Waals surface area (Å²) < 4.78 is 40.6. The van der Waals surface area contributed by atoms with Crippen molar-refractivity contribution >= 4 is 27.5 Å². The van der Waals surface area contributed by atoms with Crippen molar-refractivity contribution < 1.29 is 17.6 Å². The van der Waals surface area contributed by atoms with Crippen LogP contribution in [-0.4, -0.2) is 38.3 Å². The van der Waals surface area contributed by atoms with Crippen molar-refractivity contribution in [2.45, 2.75) is 37.0 Å². The zero-order valence-electron chi connectivity index (χ0n) is 17.1. The molecular weight excluding hydrogens is 427 g/mol. The van der Waals surface area contributed by atoms with Crippen LogP contribution in [0.4, 0.5) is 4.39 Å². The Bertz CT molecular complexity index is 1020. The molecule has 2 aromatic rings. The van der Waals surface area contributed by atoms with Gasteiger partial charge in [-0.2, -0.15) is 4.31 Å². The maximum Gasteiger partial charge on any atom is 0.245 e. The van der Waals surface area contributed by atoms with E-state index < -0.39 is 15.8 Å². The normalized spacial score (nSPS) is 16.4. The number of carbonyl (C=O) groups excluding carboxylic acids is 1. The molecule has 1 aliphatic rings. The van der Waals surface area contributed by atoms with Gasteiger partial charge in [0, 0.05) is 36.0 Å². The Morgan fingerprint density at radius 1 is 1.17 bits per heavy atom. The Balaban J connectivity index is 1.57. The monoisotopic (exact) mass is 452 g/mol. The van der Waals surface area contributed by atoms with Crippen LogP contribution in [0.5, 0.6) is 0 Å². The third-order valence-corrected chi connectivity index (χ3v) is 7.76. The van der Waals surface area contributed by atoms with Crippen LogP contribution in [0.25, 0.3) is 0 Å². The number of hydrogen-bond donors (Lipinski definition) is 1. The molecule has 0 saturated carbocycles. The molecule has 1 fully saturated rings. The highest BCUT2D eigenvalue weighted by Gasteiger charge is 2.34. The van der Waals surface area contributed by atoms with Crippen LogP contribution in [0.2, 0.25) is 5.02 Å². The first kappa shape index (κ1) is 22.7. The largest absolute Gasteiger partial charge is 0.355 e. The van der Waals surface area contributed by atoms with E-state index in [-0.39, 0.29) is 35.2 Å². The number of carbonyl (C=O) groups is 1. The SMILES string of the molecule is CC(C)(CNC(=O)C1CCN(S(=O)(=O)c2ccccc2F)CC1)c1cccc(Cl)c1. The van der Waals surface area contributed by atoms with Gasteiger partial charge in [0.1, 0.15) is 10.7 Å². The second-order valence-electron chi connectivity index (χ2n) is 8.22. The number of nitrogens with zero attached hydrogens (tertiary/aromatic N) is 1. The first-order valence-electron chi connectivity index (χ1n) is 9.90. The summed E-state index contributed by atoms with van der Waals surface area (Å²) in [6, 6.07) is 12.9. The summed E-state index contributed by atoms with van der Waals surface area (Å²) in [7, 11) is -3.90. The van der Waals surface area contributed by atoms with Gasteiger partial charge in [0.2, 0.25) is 15.9 Å². The quantitative estimate of drug-likeness (QED) is 0.721. The number of sulfonamides is 1. The van der Waals surface area contributed by atoms with E-state index in [0.29, 0.717) is 24.4 Å². The molecule has 3 rings (SSSR count). The lowest BCUT2D eigenvalue weighted by Gasteiger charge is -2.32. The molecule has 1 amide bonds. The summed E-state index contributed by atoms with van der Waals surface area (Å²) in [6.45, 7) is 4.88. The highest BCUT2D eigenvalue weighted by atomic mass is 35.5. The molecule has 162 valence electrons. The zero-order chi connectivity index (χ0) is 21.9. The van der Waals surface area contributed by atoms with Crippen LogP contribution in [0.15, 0.2) is 53.4 Å². The zero-order valence-corrected chi connectivity index (χ0v) is 18.6. The fourth-order valence-corrected chi connectivity index (χ4v) is 5.34. The van der Waals surface area contributed by atoms with Gasteiger partial charge >= 0.3 is 0 Å². The molecule has 2 aromatic carbocycles. The molecule has 8 heteroatoms. The molecule has 1 saturated heterocycles. The smallest absolute Gasteiger partial charge is 0.245 e. The van der Waals surface area contributed by atoms with Crippen molar-refractivity contribution in [2.75, 3.05) is 19.6 Å². The number of rotatable bonds is 6. The van der Waals surface area contributed by atoms with Crippen LogP contribution in [0, 0.1) is 11.7 Å². The number of hydrogen-bond acceptors (Lipinski definition) is 3. The Labute approximate surface area is 182 Å². The number of halogens is 2. The van der Waals surface area contributed by atoms with E-state index in [2.05, 4.69) is 5.32 Å². The second kappa shape index (κ2) is 9.04. The second-order valence-corrected chi connectivity index (χ2v) is 10.6. The summed E-state index contributed by atoms with van der Waals surface area (Å²) in [6.07, 6.45) is 0.800. The van der Waals surface area contributed by atoms with Crippen molar-refractivity contribution in [3.05, 3.63) is 64.9 Å². The van der Waals surface area contributed by atoms with Crippen LogP contribution >= 0.6 is 11.6 Å². The summed E-state index contributed by atoms with van der Waals surface area (Å²) in [5.74, 6) is -1.12. The van der Waals surface area contributed by atoms with E-state index in [1.807, 2.05) is 38.1 Å². The van der Waals surface area contributed by atoms with Crippen LogP contribution in [-0.2, 0) is 20.2 Å². The lowest BCUT2D eigenvalue weighted by atomic mass is 9.84. The van der Waals surface area contributed by atoms with Crippen LogP contribution in [0.1, 0.15) is 32.3 Å². The molecule has 0 bridgehead atoms. The van der Waals surface area contributed by atoms with Crippen molar-refractivity contribution in [2.24, 2.45) is 5.92 Å². The molecule has 0 radical (unpaired) electrons. The van der Waals surface area contributed by atoms with Gasteiger partial charge in [0.05, 0.1) is 0 Å². The maximum atomic E-state index is 13.9. The van der Waals surface area contributed by atoms with Gasteiger partial charge in [-0.15, -0.1) is 0 Å². The van der Waals surface area contributed by atoms with E-state index in [4.69, 9.17) is 11.6 Å². The average Bonchev–Trinajstić information content (AvgIpc) is 2.72. The van der Waals surface area contributed by atoms with E-state index in [0.717, 1.165) is 11.6 Å². The highest BCUT2D eigenvalue weighted by molar-refractivity contribution is 7.89. The lowest BCUT2D eigenvalue weighted by molar-refractivity contribution is -0.126. The molecular formula is C22H26ClFN2O3S. The average molecular weight is 453 g/mol. The minimum Gasteiger partial charge on any atom is -0.355 e. The lowest BCUT2D eigenvalue weighted by Crippen LogP contribution is -2.45.